The first-order valence-electron chi connectivity index (χ1n) is 9.47. The summed E-state index contributed by atoms with van der Waals surface area (Å²) in [5, 5.41) is 4.61. The van der Waals surface area contributed by atoms with Crippen molar-refractivity contribution < 1.29 is 37.1 Å². The second-order valence-corrected chi connectivity index (χ2v) is 6.47. The summed E-state index contributed by atoms with van der Waals surface area (Å²) < 4.78 is 50.2. The van der Waals surface area contributed by atoms with Gasteiger partial charge in [0.2, 0.25) is 11.7 Å². The number of amides is 3. The third-order valence-electron chi connectivity index (χ3n) is 4.14. The number of aromatic nitrogens is 2. The van der Waals surface area contributed by atoms with Crippen LogP contribution >= 0.6 is 0 Å². The third-order valence-corrected chi connectivity index (χ3v) is 4.14. The molecule has 0 aliphatic heterocycles. The third kappa shape index (κ3) is 6.32. The molecule has 178 valence electrons. The topological polar surface area (TPSA) is 124 Å². The highest BCUT2D eigenvalue weighted by Crippen LogP contribution is 2.36. The minimum Gasteiger partial charge on any atom is -0.497 e. The molecule has 3 N–H and O–H groups in total. The number of anilines is 2. The molecule has 10 nitrogen and oxygen atoms in total. The number of alkyl halides is 3. The lowest BCUT2D eigenvalue weighted by Crippen LogP contribution is -2.24. The van der Waals surface area contributed by atoms with Gasteiger partial charge in [0.15, 0.2) is 0 Å². The summed E-state index contributed by atoms with van der Waals surface area (Å²) >= 11 is 0. The van der Waals surface area contributed by atoms with E-state index in [1.54, 1.807) is 0 Å². The largest absolute Gasteiger partial charge is 0.497 e. The lowest BCUT2D eigenvalue weighted by molar-refractivity contribution is -0.136. The first-order chi connectivity index (χ1) is 16.2. The molecule has 0 fully saturated rings. The van der Waals surface area contributed by atoms with E-state index in [0.29, 0.717) is 5.75 Å². The Morgan fingerprint density at radius 3 is 2.29 bits per heavy atom. The fourth-order valence-electron chi connectivity index (χ4n) is 2.66. The van der Waals surface area contributed by atoms with Gasteiger partial charge in [0.05, 0.1) is 25.5 Å². The van der Waals surface area contributed by atoms with Gasteiger partial charge in [-0.25, -0.2) is 15.3 Å². The average molecular weight is 477 g/mol. The number of carbonyl (C=O) groups excluding carboxylic acids is 2. The molecule has 0 aliphatic carbocycles. The number of halogens is 3. The lowest BCUT2D eigenvalue weighted by atomic mass is 10.1. The Hall–Kier alpha value is -4.39. The molecule has 3 aromatic rings. The predicted molar refractivity (Wildman–Crippen MR) is 114 cm³/mol. The van der Waals surface area contributed by atoms with Crippen LogP contribution in [-0.2, 0) is 11.0 Å². The quantitative estimate of drug-likeness (QED) is 0.435. The summed E-state index contributed by atoms with van der Waals surface area (Å²) in [6.45, 7) is 0. The Labute approximate surface area is 191 Å². The number of hydroxylamine groups is 1. The van der Waals surface area contributed by atoms with Crippen LogP contribution in [0.5, 0.6) is 17.4 Å². The standard InChI is InChI=1S/C21H18F3N5O5/c1-32-14-7-8-15(21(22,23)24)16(11-14)27-20(31)26-12-3-5-13(6-4-12)34-17-9-10-25-18(28-17)19(30)29-33-2/h3-11H,1-2H3,(H,29,30)(H2,26,27,31). The SMILES string of the molecule is CONC(=O)c1nccc(Oc2ccc(NC(=O)Nc3cc(OC)ccc3C(F)(F)F)cc2)n1. The van der Waals surface area contributed by atoms with Crippen molar-refractivity contribution in [3.8, 4) is 17.4 Å². The summed E-state index contributed by atoms with van der Waals surface area (Å²) in [6.07, 6.45) is -3.35. The van der Waals surface area contributed by atoms with Crippen molar-refractivity contribution in [3.05, 3.63) is 66.1 Å². The lowest BCUT2D eigenvalue weighted by Gasteiger charge is -2.15. The molecule has 0 atom stereocenters. The number of nitrogens with zero attached hydrogens (tertiary/aromatic N) is 2. The minimum atomic E-state index is -4.67. The number of carbonyl (C=O) groups is 2. The Morgan fingerprint density at radius 1 is 0.941 bits per heavy atom. The van der Waals surface area contributed by atoms with Crippen molar-refractivity contribution in [3.63, 3.8) is 0 Å². The van der Waals surface area contributed by atoms with E-state index in [1.807, 2.05) is 0 Å². The molecule has 34 heavy (non-hydrogen) atoms. The Kier molecular flexibility index (Phi) is 7.48. The van der Waals surface area contributed by atoms with E-state index in [4.69, 9.17) is 9.47 Å². The molecule has 0 aliphatic rings. The average Bonchev–Trinajstić information content (AvgIpc) is 2.80. The summed E-state index contributed by atoms with van der Waals surface area (Å²) in [5.41, 5.74) is 0.885. The first-order valence-corrected chi connectivity index (χ1v) is 9.47. The van der Waals surface area contributed by atoms with Crippen LogP contribution in [0.1, 0.15) is 16.2 Å². The smallest absolute Gasteiger partial charge is 0.418 e. The Bertz CT molecular complexity index is 1170. The second-order valence-electron chi connectivity index (χ2n) is 6.47. The normalized spacial score (nSPS) is 10.9. The molecule has 2 aromatic carbocycles. The highest BCUT2D eigenvalue weighted by molar-refractivity contribution is 6.00. The van der Waals surface area contributed by atoms with Gasteiger partial charge in [0.25, 0.3) is 0 Å². The Morgan fingerprint density at radius 2 is 1.65 bits per heavy atom. The van der Waals surface area contributed by atoms with E-state index in [0.717, 1.165) is 18.2 Å². The number of ether oxygens (including phenoxy) is 2. The molecular weight excluding hydrogens is 459 g/mol. The van der Waals surface area contributed by atoms with Gasteiger partial charge in [0.1, 0.15) is 11.5 Å². The van der Waals surface area contributed by atoms with Gasteiger partial charge in [-0.1, -0.05) is 0 Å². The number of methoxy groups -OCH3 is 1. The summed E-state index contributed by atoms with van der Waals surface area (Å²) in [5.74, 6) is -0.298. The van der Waals surface area contributed by atoms with E-state index in [1.165, 1.54) is 50.7 Å². The number of hydrogen-bond donors (Lipinski definition) is 3. The van der Waals surface area contributed by atoms with Crippen molar-refractivity contribution >= 4 is 23.3 Å². The maximum Gasteiger partial charge on any atom is 0.418 e. The zero-order chi connectivity index (χ0) is 24.7. The number of nitrogens with one attached hydrogen (secondary N) is 3. The van der Waals surface area contributed by atoms with Crippen LogP contribution in [0.3, 0.4) is 0 Å². The van der Waals surface area contributed by atoms with Crippen LogP contribution in [-0.4, -0.2) is 36.1 Å². The molecule has 0 bridgehead atoms. The molecule has 1 aromatic heterocycles. The summed E-state index contributed by atoms with van der Waals surface area (Å²) in [7, 11) is 2.56. The van der Waals surface area contributed by atoms with Crippen LogP contribution in [0, 0.1) is 0 Å². The van der Waals surface area contributed by atoms with Gasteiger partial charge >= 0.3 is 18.1 Å². The molecule has 0 unspecified atom stereocenters. The van der Waals surface area contributed by atoms with Gasteiger partial charge in [0, 0.05) is 24.0 Å². The maximum atomic E-state index is 13.2. The number of urea groups is 1. The van der Waals surface area contributed by atoms with Crippen LogP contribution in [0.2, 0.25) is 0 Å². The summed E-state index contributed by atoms with van der Waals surface area (Å²) in [4.78, 5) is 36.2. The highest BCUT2D eigenvalue weighted by atomic mass is 19.4. The molecule has 13 heteroatoms. The van der Waals surface area contributed by atoms with Crippen molar-refractivity contribution in [1.82, 2.24) is 15.4 Å². The van der Waals surface area contributed by atoms with E-state index in [9.17, 15) is 22.8 Å². The van der Waals surface area contributed by atoms with Crippen LogP contribution < -0.4 is 25.6 Å². The molecule has 0 radical (unpaired) electrons. The van der Waals surface area contributed by atoms with Crippen LogP contribution in [0.4, 0.5) is 29.3 Å². The monoisotopic (exact) mass is 477 g/mol. The predicted octanol–water partition coefficient (Wildman–Crippen LogP) is 4.23. The van der Waals surface area contributed by atoms with E-state index < -0.39 is 29.4 Å². The highest BCUT2D eigenvalue weighted by Gasteiger charge is 2.34. The van der Waals surface area contributed by atoms with Crippen molar-refractivity contribution in [2.75, 3.05) is 24.9 Å². The van der Waals surface area contributed by atoms with E-state index >= 15 is 0 Å². The van der Waals surface area contributed by atoms with Gasteiger partial charge < -0.3 is 20.1 Å². The van der Waals surface area contributed by atoms with Crippen molar-refractivity contribution in [2.24, 2.45) is 0 Å². The molecule has 0 saturated carbocycles. The molecule has 0 spiro atoms. The van der Waals surface area contributed by atoms with Crippen LogP contribution in [0.15, 0.2) is 54.7 Å². The van der Waals surface area contributed by atoms with Gasteiger partial charge in [-0.3, -0.25) is 9.63 Å². The molecule has 3 amide bonds. The van der Waals surface area contributed by atoms with Crippen LogP contribution in [0.25, 0.3) is 0 Å². The van der Waals surface area contributed by atoms with Crippen molar-refractivity contribution in [2.45, 2.75) is 6.18 Å². The van der Waals surface area contributed by atoms with Gasteiger partial charge in [-0.05, 0) is 36.4 Å². The molecular formula is C21H18F3N5O5. The number of hydrogen-bond acceptors (Lipinski definition) is 7. The molecule has 0 saturated heterocycles. The zero-order valence-electron chi connectivity index (χ0n) is 17.8. The van der Waals surface area contributed by atoms with E-state index in [2.05, 4.69) is 30.9 Å². The minimum absolute atomic E-state index is 0.0763. The zero-order valence-corrected chi connectivity index (χ0v) is 17.8. The number of benzene rings is 2. The summed E-state index contributed by atoms with van der Waals surface area (Å²) in [6, 6.07) is 9.47. The van der Waals surface area contributed by atoms with Crippen molar-refractivity contribution in [1.29, 1.82) is 0 Å². The maximum absolute atomic E-state index is 13.2. The number of rotatable bonds is 7. The Balaban J connectivity index is 1.66. The fourth-order valence-corrected chi connectivity index (χ4v) is 2.66. The fraction of sp³-hybridized carbons (Fsp3) is 0.143. The van der Waals surface area contributed by atoms with Gasteiger partial charge in [-0.2, -0.15) is 18.2 Å². The molecule has 1 heterocycles. The first kappa shape index (κ1) is 24.3. The molecule has 3 rings (SSSR count). The van der Waals surface area contributed by atoms with E-state index in [-0.39, 0.29) is 23.1 Å². The second kappa shape index (κ2) is 10.5. The van der Waals surface area contributed by atoms with Gasteiger partial charge in [-0.15, -0.1) is 0 Å².